The molecule has 6 aromatic carbocycles. The lowest BCUT2D eigenvalue weighted by molar-refractivity contribution is -0.384. The zero-order valence-corrected chi connectivity index (χ0v) is 50.1. The molecule has 0 unspecified atom stereocenters. The lowest BCUT2D eigenvalue weighted by Crippen LogP contribution is -2.42. The lowest BCUT2D eigenvalue weighted by atomic mass is 10.00. The van der Waals surface area contributed by atoms with Gasteiger partial charge in [-0.3, -0.25) is 29.3 Å². The van der Waals surface area contributed by atoms with Gasteiger partial charge in [-0.05, 0) is 108 Å². The molecule has 84 heavy (non-hydrogen) atoms. The first kappa shape index (κ1) is 71.5. The summed E-state index contributed by atoms with van der Waals surface area (Å²) in [5.41, 5.74) is 14.1. The molecule has 16 nitrogen and oxygen atoms in total. The molecular formula is C62H72Cl4N6O10S2. The summed E-state index contributed by atoms with van der Waals surface area (Å²) in [5, 5.41) is 17.0. The third-order valence-corrected chi connectivity index (χ3v) is 15.1. The topological polar surface area (TPSA) is 221 Å². The maximum atomic E-state index is 13.1. The van der Waals surface area contributed by atoms with E-state index in [1.807, 2.05) is 83.8 Å². The number of amides is 2. The van der Waals surface area contributed by atoms with Gasteiger partial charge < -0.3 is 35.6 Å². The predicted molar refractivity (Wildman–Crippen MR) is 347 cm³/mol. The van der Waals surface area contributed by atoms with Crippen LogP contribution in [0.3, 0.4) is 0 Å². The molecule has 2 heterocycles. The molecule has 0 spiro atoms. The minimum Gasteiger partial charge on any atom is -0.467 e. The number of ether oxygens (including phenoxy) is 2. The largest absolute Gasteiger partial charge is 0.467 e. The van der Waals surface area contributed by atoms with Crippen molar-refractivity contribution in [1.29, 1.82) is 0 Å². The molecule has 0 fully saturated rings. The van der Waals surface area contributed by atoms with Crippen molar-refractivity contribution in [1.82, 2.24) is 10.6 Å². The van der Waals surface area contributed by atoms with Crippen molar-refractivity contribution in [2.24, 2.45) is 0 Å². The molecule has 0 saturated carbocycles. The maximum absolute atomic E-state index is 13.1. The number of aryl methyl sites for hydroxylation is 2. The van der Waals surface area contributed by atoms with Crippen molar-refractivity contribution >= 4 is 131 Å². The van der Waals surface area contributed by atoms with Crippen molar-refractivity contribution < 1.29 is 43.2 Å². The Hall–Kier alpha value is -6.80. The number of esters is 2. The number of hydrogen-bond donors (Lipinski definition) is 3. The second-order valence-corrected chi connectivity index (χ2v) is 20.9. The van der Waals surface area contributed by atoms with Crippen molar-refractivity contribution in [3.05, 3.63) is 174 Å². The highest BCUT2D eigenvalue weighted by Gasteiger charge is 2.29. The Morgan fingerprint density at radius 2 is 0.940 bits per heavy atom. The standard InChI is InChI=1S/C30H29Cl2N3O6.C30H31Cl2N3O4.2CH4.2H2S/c1-41-30(38)26(33-29(37)28-24(31)16-21(17-25(28)32)19-6-3-2-4-7-19)12-11-23(36)13-15-34-14-5-8-20-9-10-22(35(39)40)18-27(20)34;1-39-30(38)26(12-11-23(36)13-15-35-14-5-8-20-9-10-22(33)18-27(20)35)34-29(37)28-24(31)16-21(17-25(28)32)19-6-3-2-4-7-19;;;;/h2-4,6-7,9-10,16-18,26H,5,8,11-15H2,1H3,(H,33,37);2-4,6-7,9-10,16-18,26H,5,8,11-15,33H2,1H3,(H,34,37);2*1H4;2*1H2/t2*26-;;;;/m00..../s1. The van der Waals surface area contributed by atoms with Crippen molar-refractivity contribution in [2.75, 3.05) is 55.9 Å². The summed E-state index contributed by atoms with van der Waals surface area (Å²) in [6, 6.07) is 34.0. The van der Waals surface area contributed by atoms with Gasteiger partial charge in [-0.2, -0.15) is 27.0 Å². The molecule has 0 radical (unpaired) electrons. The second-order valence-electron chi connectivity index (χ2n) is 19.3. The van der Waals surface area contributed by atoms with Gasteiger partial charge in [0.2, 0.25) is 0 Å². The predicted octanol–water partition coefficient (Wildman–Crippen LogP) is 13.2. The zero-order chi connectivity index (χ0) is 57.5. The molecule has 8 rings (SSSR count). The van der Waals surface area contributed by atoms with Crippen LogP contribution in [0.4, 0.5) is 22.7 Å². The Morgan fingerprint density at radius 3 is 1.32 bits per heavy atom. The average molecular weight is 1270 g/mol. The van der Waals surface area contributed by atoms with Crippen LogP contribution in [-0.2, 0) is 41.5 Å². The Kier molecular flexibility index (Phi) is 29.1. The van der Waals surface area contributed by atoms with E-state index < -0.39 is 40.8 Å². The summed E-state index contributed by atoms with van der Waals surface area (Å²) in [7, 11) is 2.43. The van der Waals surface area contributed by atoms with Crippen LogP contribution in [-0.4, -0.2) is 92.7 Å². The minimum absolute atomic E-state index is 0. The highest BCUT2D eigenvalue weighted by Crippen LogP contribution is 2.35. The van der Waals surface area contributed by atoms with Gasteiger partial charge in [0, 0.05) is 81.1 Å². The monoisotopic (exact) mass is 1260 g/mol. The quantitative estimate of drug-likeness (QED) is 0.0264. The third-order valence-electron chi connectivity index (χ3n) is 13.9. The normalized spacial score (nSPS) is 12.6. The van der Waals surface area contributed by atoms with Crippen LogP contribution in [0.2, 0.25) is 20.1 Å². The fourth-order valence-corrected chi connectivity index (χ4v) is 11.0. The van der Waals surface area contributed by atoms with Crippen LogP contribution in [0, 0.1) is 10.1 Å². The Morgan fingerprint density at radius 1 is 0.560 bits per heavy atom. The number of Topliss-reactive ketones (excluding diaryl/α,β-unsaturated/α-hetero) is 2. The van der Waals surface area contributed by atoms with E-state index in [4.69, 9.17) is 61.6 Å². The number of nitrogens with two attached hydrogens (primary N) is 1. The summed E-state index contributed by atoms with van der Waals surface area (Å²) >= 11 is 25.7. The molecule has 4 N–H and O–H groups in total. The first-order valence-electron chi connectivity index (χ1n) is 26.0. The molecule has 2 amide bonds. The molecule has 6 aromatic rings. The zero-order valence-electron chi connectivity index (χ0n) is 45.1. The molecule has 450 valence electrons. The van der Waals surface area contributed by atoms with Crippen LogP contribution < -0.4 is 26.2 Å². The van der Waals surface area contributed by atoms with Crippen molar-refractivity contribution in [3.63, 3.8) is 0 Å². The highest BCUT2D eigenvalue weighted by molar-refractivity contribution is 7.59. The molecule has 22 heteroatoms. The van der Waals surface area contributed by atoms with Gasteiger partial charge >= 0.3 is 11.9 Å². The SMILES string of the molecule is C.C.COC(=O)[C@H](CCC(=O)CCN1CCCc2ccc(N)cc21)NC(=O)c1c(Cl)cc(-c2ccccc2)cc1Cl.COC(=O)[C@H](CCC(=O)CCN1CCCc2ccc([N+](=O)[O-])cc21)NC(=O)c1c(Cl)cc(-c2ccccc2)cc1Cl.S.S. The number of fused-ring (bicyclic) bond motifs is 2. The molecule has 2 aliphatic heterocycles. The summed E-state index contributed by atoms with van der Waals surface area (Å²) in [6.07, 6.45) is 4.44. The van der Waals surface area contributed by atoms with Crippen LogP contribution in [0.15, 0.2) is 121 Å². The number of ketones is 2. The van der Waals surface area contributed by atoms with E-state index in [9.17, 15) is 38.9 Å². The Balaban J connectivity index is 0.000000421. The molecule has 0 bridgehead atoms. The maximum Gasteiger partial charge on any atom is 0.328 e. The van der Waals surface area contributed by atoms with E-state index >= 15 is 0 Å². The first-order valence-corrected chi connectivity index (χ1v) is 27.5. The first-order chi connectivity index (χ1) is 38.4. The molecule has 0 saturated heterocycles. The number of nitrogens with zero attached hydrogens (tertiary/aromatic N) is 3. The van der Waals surface area contributed by atoms with E-state index in [2.05, 4.69) is 15.5 Å². The fraction of sp³-hybridized carbons (Fsp3) is 0.323. The number of non-ortho nitro benzene ring substituents is 1. The van der Waals surface area contributed by atoms with E-state index in [-0.39, 0.29) is 122 Å². The number of rotatable bonds is 21. The van der Waals surface area contributed by atoms with E-state index in [0.29, 0.717) is 31.7 Å². The average Bonchev–Trinajstić information content (AvgIpc) is 3.65. The van der Waals surface area contributed by atoms with Gasteiger partial charge in [0.25, 0.3) is 17.5 Å². The molecule has 2 atom stereocenters. The second kappa shape index (κ2) is 34.2. The number of carbonyl (C=O) groups is 6. The van der Waals surface area contributed by atoms with Crippen molar-refractivity contribution in [3.8, 4) is 22.3 Å². The number of halogens is 4. The molecule has 0 aromatic heterocycles. The number of methoxy groups -OCH3 is 2. The summed E-state index contributed by atoms with van der Waals surface area (Å²) < 4.78 is 9.72. The lowest BCUT2D eigenvalue weighted by Gasteiger charge is -2.31. The number of carbonyl (C=O) groups excluding carboxylic acids is 6. The number of anilines is 3. The van der Waals surface area contributed by atoms with Gasteiger partial charge in [-0.1, -0.05) is 134 Å². The van der Waals surface area contributed by atoms with Crippen LogP contribution in [0.1, 0.15) is 98.1 Å². The summed E-state index contributed by atoms with van der Waals surface area (Å²) in [4.78, 5) is 91.6. The van der Waals surface area contributed by atoms with E-state index in [0.717, 1.165) is 71.4 Å². The number of nitro benzene ring substituents is 1. The number of nitrogen functional groups attached to an aromatic ring is 1. The van der Waals surface area contributed by atoms with Crippen LogP contribution >= 0.6 is 73.4 Å². The van der Waals surface area contributed by atoms with Crippen LogP contribution in [0.25, 0.3) is 22.3 Å². The fourth-order valence-electron chi connectivity index (χ4n) is 9.68. The van der Waals surface area contributed by atoms with Crippen LogP contribution in [0.5, 0.6) is 0 Å². The van der Waals surface area contributed by atoms with Gasteiger partial charge in [-0.15, -0.1) is 0 Å². The van der Waals surface area contributed by atoms with E-state index in [1.54, 1.807) is 36.4 Å². The third kappa shape index (κ3) is 19.1. The minimum atomic E-state index is -1.09. The highest BCUT2D eigenvalue weighted by atomic mass is 35.5. The van der Waals surface area contributed by atoms with E-state index in [1.165, 1.54) is 25.8 Å². The number of nitro groups is 1. The Labute approximate surface area is 525 Å². The van der Waals surface area contributed by atoms with Gasteiger partial charge in [0.05, 0.1) is 50.4 Å². The summed E-state index contributed by atoms with van der Waals surface area (Å²) in [6.45, 7) is 2.49. The number of nitrogens with one attached hydrogen (secondary N) is 2. The molecule has 2 aliphatic rings. The Bertz CT molecular complexity index is 3220. The summed E-state index contributed by atoms with van der Waals surface area (Å²) in [5.74, 6) is -2.75. The number of benzene rings is 6. The van der Waals surface area contributed by atoms with Gasteiger partial charge in [0.1, 0.15) is 23.7 Å². The molecular weight excluding hydrogens is 1190 g/mol. The smallest absolute Gasteiger partial charge is 0.328 e. The van der Waals surface area contributed by atoms with Gasteiger partial charge in [0.15, 0.2) is 0 Å². The number of hydrogen-bond acceptors (Lipinski definition) is 13. The van der Waals surface area contributed by atoms with Gasteiger partial charge in [-0.25, -0.2) is 9.59 Å². The van der Waals surface area contributed by atoms with Crippen molar-refractivity contribution in [2.45, 2.75) is 91.1 Å². The molecule has 0 aliphatic carbocycles.